The van der Waals surface area contributed by atoms with Gasteiger partial charge in [-0.3, -0.25) is 0 Å². The molecule has 0 N–H and O–H groups in total. The number of nitrogens with zero attached hydrogens (tertiary/aromatic N) is 3. The molecule has 0 saturated carbocycles. The predicted octanol–water partition coefficient (Wildman–Crippen LogP) is 3.50. The van der Waals surface area contributed by atoms with Gasteiger partial charge >= 0.3 is 6.09 Å². The van der Waals surface area contributed by atoms with Gasteiger partial charge in [-0.1, -0.05) is 11.6 Å². The fourth-order valence-corrected chi connectivity index (χ4v) is 3.78. The topological polar surface area (TPSA) is 54.9 Å². The van der Waals surface area contributed by atoms with E-state index >= 15 is 0 Å². The maximum atomic E-state index is 12.4. The van der Waals surface area contributed by atoms with Crippen LogP contribution in [0, 0.1) is 0 Å². The summed E-state index contributed by atoms with van der Waals surface area (Å²) in [6.45, 7) is 11.5. The number of hydrogen-bond donors (Lipinski definition) is 0. The lowest BCUT2D eigenvalue weighted by atomic mass is 10.1. The van der Waals surface area contributed by atoms with Gasteiger partial charge in [-0.05, 0) is 47.1 Å². The zero-order valence-electron chi connectivity index (χ0n) is 15.5. The number of ether oxygens (including phenoxy) is 2. The summed E-state index contributed by atoms with van der Waals surface area (Å²) in [5.74, 6) is 1.54. The number of carbonyl (C=O) groups excluding carboxylic acids is 1. The highest BCUT2D eigenvalue weighted by atomic mass is 35.5. The summed E-state index contributed by atoms with van der Waals surface area (Å²) < 4.78 is 11.1. The summed E-state index contributed by atoms with van der Waals surface area (Å²) in [7, 11) is 0. The Kier molecular flexibility index (Phi) is 4.75. The molecule has 3 heterocycles. The lowest BCUT2D eigenvalue weighted by molar-refractivity contribution is 0.0191. The molecule has 1 aromatic heterocycles. The minimum Gasteiger partial charge on any atom is -0.491 e. The molecule has 0 aliphatic carbocycles. The van der Waals surface area contributed by atoms with Crippen molar-refractivity contribution in [1.29, 1.82) is 0 Å². The van der Waals surface area contributed by atoms with Gasteiger partial charge in [0.05, 0.1) is 12.6 Å². The predicted molar refractivity (Wildman–Crippen MR) is 97.7 cm³/mol. The number of carbonyl (C=O) groups is 1. The number of rotatable bonds is 2. The van der Waals surface area contributed by atoms with Gasteiger partial charge < -0.3 is 19.3 Å². The second-order valence-electron chi connectivity index (χ2n) is 7.69. The lowest BCUT2D eigenvalue weighted by Gasteiger charge is -2.43. The van der Waals surface area contributed by atoms with Gasteiger partial charge in [0, 0.05) is 24.7 Å². The summed E-state index contributed by atoms with van der Waals surface area (Å²) >= 11 is 6.27. The fourth-order valence-electron chi connectivity index (χ4n) is 3.59. The Morgan fingerprint density at radius 3 is 2.76 bits per heavy atom. The van der Waals surface area contributed by atoms with Crippen molar-refractivity contribution in [1.82, 2.24) is 9.88 Å². The third-order valence-electron chi connectivity index (χ3n) is 4.44. The quantitative estimate of drug-likeness (QED) is 0.749. The second-order valence-corrected chi connectivity index (χ2v) is 8.05. The van der Waals surface area contributed by atoms with Gasteiger partial charge in [0.1, 0.15) is 11.4 Å². The molecule has 2 aliphatic heterocycles. The minimum absolute atomic E-state index is 0.147. The zero-order chi connectivity index (χ0) is 18.4. The van der Waals surface area contributed by atoms with Gasteiger partial charge in [0.2, 0.25) is 0 Å². The summed E-state index contributed by atoms with van der Waals surface area (Å²) in [6.07, 6.45) is 0.569. The number of piperazine rings is 1. The standard InChI is InChI=1S/C18H26ClN3O3/c1-6-24-14-8-12-7-13-10-21(17(23)25-18(3,4)5)9-11(2)22(13)16(12)20-15(14)19/h8,11,13H,6-7,9-10H2,1-5H3/t11-,13-/m1/s1. The summed E-state index contributed by atoms with van der Waals surface area (Å²) in [5, 5.41) is 0.392. The molecule has 1 saturated heterocycles. The maximum Gasteiger partial charge on any atom is 0.410 e. The van der Waals surface area contributed by atoms with Crippen molar-refractivity contribution in [3.63, 3.8) is 0 Å². The molecule has 138 valence electrons. The molecule has 2 aliphatic rings. The Morgan fingerprint density at radius 1 is 1.40 bits per heavy atom. The van der Waals surface area contributed by atoms with Crippen molar-refractivity contribution in [3.8, 4) is 5.75 Å². The fraction of sp³-hybridized carbons (Fsp3) is 0.667. The molecule has 0 unspecified atom stereocenters. The first-order valence-corrected chi connectivity index (χ1v) is 9.16. The van der Waals surface area contributed by atoms with E-state index in [0.29, 0.717) is 30.6 Å². The lowest BCUT2D eigenvalue weighted by Crippen LogP contribution is -2.58. The third-order valence-corrected chi connectivity index (χ3v) is 4.71. The van der Waals surface area contributed by atoms with Crippen molar-refractivity contribution >= 4 is 23.5 Å². The Labute approximate surface area is 154 Å². The van der Waals surface area contributed by atoms with E-state index in [2.05, 4.69) is 16.8 Å². The van der Waals surface area contributed by atoms with E-state index in [1.54, 1.807) is 4.90 Å². The highest BCUT2D eigenvalue weighted by Gasteiger charge is 2.42. The smallest absolute Gasteiger partial charge is 0.410 e. The van der Waals surface area contributed by atoms with Crippen LogP contribution in [0.4, 0.5) is 10.6 Å². The van der Waals surface area contributed by atoms with Crippen LogP contribution in [0.1, 0.15) is 40.2 Å². The van der Waals surface area contributed by atoms with E-state index < -0.39 is 5.60 Å². The van der Waals surface area contributed by atoms with Crippen LogP contribution in [0.5, 0.6) is 5.75 Å². The number of fused-ring (bicyclic) bond motifs is 3. The second kappa shape index (κ2) is 6.56. The number of amides is 1. The molecule has 3 rings (SSSR count). The largest absolute Gasteiger partial charge is 0.491 e. The minimum atomic E-state index is -0.489. The highest BCUT2D eigenvalue weighted by Crippen LogP contribution is 2.39. The molecule has 2 atom stereocenters. The van der Waals surface area contributed by atoms with Crippen LogP contribution in [0.2, 0.25) is 5.15 Å². The van der Waals surface area contributed by atoms with Crippen molar-refractivity contribution in [3.05, 3.63) is 16.8 Å². The maximum absolute atomic E-state index is 12.4. The first-order chi connectivity index (χ1) is 11.7. The number of halogens is 1. The Hall–Kier alpha value is -1.69. The highest BCUT2D eigenvalue weighted by molar-refractivity contribution is 6.31. The molecular formula is C18H26ClN3O3. The van der Waals surface area contributed by atoms with Crippen LogP contribution in [0.15, 0.2) is 6.07 Å². The molecule has 0 bridgehead atoms. The molecule has 7 heteroatoms. The van der Waals surface area contributed by atoms with Crippen molar-refractivity contribution in [2.45, 2.75) is 58.7 Å². The van der Waals surface area contributed by atoms with E-state index in [1.165, 1.54) is 0 Å². The van der Waals surface area contributed by atoms with Crippen LogP contribution in [0.25, 0.3) is 0 Å². The van der Waals surface area contributed by atoms with E-state index in [9.17, 15) is 4.79 Å². The van der Waals surface area contributed by atoms with Crippen LogP contribution in [-0.4, -0.2) is 53.4 Å². The van der Waals surface area contributed by atoms with Crippen LogP contribution < -0.4 is 9.64 Å². The SMILES string of the molecule is CCOc1cc2c(nc1Cl)N1[C@H](C2)CN(C(=O)OC(C)(C)C)C[C@H]1C. The van der Waals surface area contributed by atoms with E-state index in [-0.39, 0.29) is 18.2 Å². The molecule has 0 aromatic carbocycles. The number of anilines is 1. The molecule has 1 aromatic rings. The summed E-state index contributed by atoms with van der Waals surface area (Å²) in [4.78, 5) is 21.1. The summed E-state index contributed by atoms with van der Waals surface area (Å²) in [6, 6.07) is 2.32. The molecule has 1 amide bonds. The van der Waals surface area contributed by atoms with E-state index in [1.807, 2.05) is 33.8 Å². The Balaban J connectivity index is 1.80. The van der Waals surface area contributed by atoms with Crippen molar-refractivity contribution in [2.75, 3.05) is 24.6 Å². The molecule has 6 nitrogen and oxygen atoms in total. The van der Waals surface area contributed by atoms with Crippen molar-refractivity contribution < 1.29 is 14.3 Å². The molecule has 0 radical (unpaired) electrons. The average Bonchev–Trinajstić information content (AvgIpc) is 2.84. The zero-order valence-corrected chi connectivity index (χ0v) is 16.3. The molecule has 1 fully saturated rings. The van der Waals surface area contributed by atoms with Gasteiger partial charge in [-0.25, -0.2) is 9.78 Å². The monoisotopic (exact) mass is 367 g/mol. The average molecular weight is 368 g/mol. The Morgan fingerprint density at radius 2 is 2.12 bits per heavy atom. The van der Waals surface area contributed by atoms with E-state index in [0.717, 1.165) is 17.8 Å². The molecule has 0 spiro atoms. The number of aromatic nitrogens is 1. The van der Waals surface area contributed by atoms with Gasteiger partial charge in [-0.2, -0.15) is 0 Å². The first-order valence-electron chi connectivity index (χ1n) is 8.78. The van der Waals surface area contributed by atoms with Gasteiger partial charge in [-0.15, -0.1) is 0 Å². The van der Waals surface area contributed by atoms with Crippen LogP contribution in [-0.2, 0) is 11.2 Å². The van der Waals surface area contributed by atoms with Gasteiger partial charge in [0.25, 0.3) is 0 Å². The van der Waals surface area contributed by atoms with Crippen molar-refractivity contribution in [2.24, 2.45) is 0 Å². The van der Waals surface area contributed by atoms with E-state index in [4.69, 9.17) is 21.1 Å². The normalized spacial score (nSPS) is 22.5. The molecule has 25 heavy (non-hydrogen) atoms. The molecular weight excluding hydrogens is 342 g/mol. The third kappa shape index (κ3) is 3.64. The number of pyridine rings is 1. The van der Waals surface area contributed by atoms with Gasteiger partial charge in [0.15, 0.2) is 10.9 Å². The van der Waals surface area contributed by atoms with Crippen LogP contribution in [0.3, 0.4) is 0 Å². The van der Waals surface area contributed by atoms with Crippen LogP contribution >= 0.6 is 11.6 Å². The first kappa shape index (κ1) is 18.1. The Bertz CT molecular complexity index is 674. The summed E-state index contributed by atoms with van der Waals surface area (Å²) in [5.41, 5.74) is 0.633. The number of hydrogen-bond acceptors (Lipinski definition) is 5.